The molecule has 0 saturated heterocycles. The summed E-state index contributed by atoms with van der Waals surface area (Å²) in [6, 6.07) is 5.72. The number of benzene rings is 1. The Balaban J connectivity index is 2.66. The van der Waals surface area contributed by atoms with Gasteiger partial charge < -0.3 is 10.0 Å². The number of unbranched alkanes of at least 4 members (excludes halogenated alkanes) is 1. The number of thiocarbonyl (C=S) groups is 1. The highest BCUT2D eigenvalue weighted by Gasteiger charge is 2.34. The number of nitriles is 1. The molecule has 1 N–H and O–H groups in total. The molecule has 0 radical (unpaired) electrons. The Kier molecular flexibility index (Phi) is 6.59. The molecule has 29 heavy (non-hydrogen) atoms. The summed E-state index contributed by atoms with van der Waals surface area (Å²) in [5, 5.41) is 20.6. The molecule has 0 unspecified atom stereocenters. The number of aromatic hydroxyl groups is 1. The molecular formula is C24H32N2O2S. The van der Waals surface area contributed by atoms with Crippen LogP contribution in [-0.4, -0.2) is 33.7 Å². The van der Waals surface area contributed by atoms with Crippen molar-refractivity contribution in [1.29, 1.82) is 5.26 Å². The van der Waals surface area contributed by atoms with Crippen LogP contribution in [0.2, 0.25) is 0 Å². The van der Waals surface area contributed by atoms with Gasteiger partial charge in [0, 0.05) is 28.1 Å². The Labute approximate surface area is 180 Å². The number of hydrogen-bond acceptors (Lipinski definition) is 5. The van der Waals surface area contributed by atoms with Crippen molar-refractivity contribution in [2.24, 2.45) is 0 Å². The molecule has 4 nitrogen and oxygen atoms in total. The molecule has 1 aromatic carbocycles. The minimum absolute atomic E-state index is 0.231. The molecule has 0 spiro atoms. The van der Waals surface area contributed by atoms with Gasteiger partial charge in [-0.2, -0.15) is 5.26 Å². The zero-order chi connectivity index (χ0) is 22.1. The summed E-state index contributed by atoms with van der Waals surface area (Å²) in [7, 11) is 0. The highest BCUT2D eigenvalue weighted by Crippen LogP contribution is 2.40. The van der Waals surface area contributed by atoms with Gasteiger partial charge in [-0.05, 0) is 29.4 Å². The summed E-state index contributed by atoms with van der Waals surface area (Å²) in [6.45, 7) is 15.3. The average molecular weight is 413 g/mol. The van der Waals surface area contributed by atoms with E-state index in [-0.39, 0.29) is 22.4 Å². The predicted octanol–water partition coefficient (Wildman–Crippen LogP) is 5.43. The second-order valence-electron chi connectivity index (χ2n) is 9.78. The molecular weight excluding hydrogens is 380 g/mol. The summed E-state index contributed by atoms with van der Waals surface area (Å²) < 4.78 is 0. The van der Waals surface area contributed by atoms with E-state index >= 15 is 0 Å². The number of carbonyl (C=O) groups excluding carboxylic acids is 1. The van der Waals surface area contributed by atoms with Crippen LogP contribution in [0.1, 0.15) is 82.8 Å². The molecule has 0 bridgehead atoms. The zero-order valence-corrected chi connectivity index (χ0v) is 19.5. The van der Waals surface area contributed by atoms with Crippen molar-refractivity contribution in [2.75, 3.05) is 13.1 Å². The number of rotatable bonds is 5. The van der Waals surface area contributed by atoms with Gasteiger partial charge in [0.1, 0.15) is 17.5 Å². The molecule has 0 atom stereocenters. The van der Waals surface area contributed by atoms with Crippen molar-refractivity contribution >= 4 is 22.9 Å². The molecule has 2 rings (SSSR count). The van der Waals surface area contributed by atoms with Crippen molar-refractivity contribution < 1.29 is 9.90 Å². The number of phenols is 1. The Bertz CT molecular complexity index is 873. The Hall–Kier alpha value is -2.19. The van der Waals surface area contributed by atoms with Crippen LogP contribution in [0.15, 0.2) is 23.4 Å². The van der Waals surface area contributed by atoms with Crippen LogP contribution in [0.5, 0.6) is 5.75 Å². The molecule has 5 heteroatoms. The maximum Gasteiger partial charge on any atom is 0.197 e. The van der Waals surface area contributed by atoms with E-state index in [1.165, 1.54) is 0 Å². The van der Waals surface area contributed by atoms with E-state index in [0.29, 0.717) is 34.8 Å². The molecule has 0 saturated carbocycles. The standard InChI is InChI=1S/C24H32N2O2S/c1-8-9-10-26-14-19(29)20(18(26)13-25)21(27)15-11-16(23(2,3)4)22(28)17(12-15)24(5,6)7/h11-12,28H,8-10,14H2,1-7H3. The molecule has 1 aromatic rings. The lowest BCUT2D eigenvalue weighted by molar-refractivity contribution is 0.103. The van der Waals surface area contributed by atoms with Crippen LogP contribution >= 0.6 is 12.2 Å². The fourth-order valence-corrected chi connectivity index (χ4v) is 3.92. The first-order valence-electron chi connectivity index (χ1n) is 10.2. The fraction of sp³-hybridized carbons (Fsp3) is 0.542. The maximum absolute atomic E-state index is 13.5. The van der Waals surface area contributed by atoms with Gasteiger partial charge in [-0.25, -0.2) is 0 Å². The highest BCUT2D eigenvalue weighted by molar-refractivity contribution is 7.81. The summed E-state index contributed by atoms with van der Waals surface area (Å²) in [5.74, 6) is -0.00356. The second-order valence-corrected chi connectivity index (χ2v) is 10.3. The quantitative estimate of drug-likeness (QED) is 0.516. The number of carbonyl (C=O) groups is 1. The van der Waals surface area contributed by atoms with Gasteiger partial charge >= 0.3 is 0 Å². The number of allylic oxidation sites excluding steroid dienone is 1. The topological polar surface area (TPSA) is 64.3 Å². The number of ketones is 1. The second kappa shape index (κ2) is 8.28. The zero-order valence-electron chi connectivity index (χ0n) is 18.6. The van der Waals surface area contributed by atoms with E-state index in [4.69, 9.17) is 12.2 Å². The van der Waals surface area contributed by atoms with Gasteiger partial charge in [-0.3, -0.25) is 4.79 Å². The summed E-state index contributed by atoms with van der Waals surface area (Å²) in [5.41, 5.74) is 1.95. The van der Waals surface area contributed by atoms with Gasteiger partial charge in [0.05, 0.1) is 12.1 Å². The molecule has 0 aliphatic carbocycles. The largest absolute Gasteiger partial charge is 0.507 e. The third kappa shape index (κ3) is 4.70. The third-order valence-electron chi connectivity index (χ3n) is 5.27. The van der Waals surface area contributed by atoms with Gasteiger partial charge in [0.15, 0.2) is 5.78 Å². The van der Waals surface area contributed by atoms with Crippen LogP contribution in [0.25, 0.3) is 0 Å². The van der Waals surface area contributed by atoms with E-state index in [9.17, 15) is 15.2 Å². The normalized spacial score (nSPS) is 15.1. The van der Waals surface area contributed by atoms with Gasteiger partial charge in [-0.15, -0.1) is 0 Å². The third-order valence-corrected chi connectivity index (χ3v) is 5.60. The average Bonchev–Trinajstić information content (AvgIpc) is 2.92. The van der Waals surface area contributed by atoms with E-state index in [2.05, 4.69) is 13.0 Å². The van der Waals surface area contributed by atoms with Crippen LogP contribution in [-0.2, 0) is 10.8 Å². The Morgan fingerprint density at radius 1 is 1.17 bits per heavy atom. The fourth-order valence-electron chi connectivity index (χ4n) is 3.58. The summed E-state index contributed by atoms with van der Waals surface area (Å²) >= 11 is 5.51. The highest BCUT2D eigenvalue weighted by atomic mass is 32.1. The van der Waals surface area contributed by atoms with E-state index in [1.807, 2.05) is 46.4 Å². The predicted molar refractivity (Wildman–Crippen MR) is 122 cm³/mol. The lowest BCUT2D eigenvalue weighted by Crippen LogP contribution is -2.22. The van der Waals surface area contributed by atoms with Crippen molar-refractivity contribution in [1.82, 2.24) is 4.90 Å². The molecule has 0 aromatic heterocycles. The minimum Gasteiger partial charge on any atom is -0.507 e. The molecule has 1 aliphatic heterocycles. The van der Waals surface area contributed by atoms with E-state index in [0.717, 1.165) is 24.0 Å². The van der Waals surface area contributed by atoms with Crippen molar-refractivity contribution in [3.05, 3.63) is 40.1 Å². The minimum atomic E-state index is -0.337. The van der Waals surface area contributed by atoms with E-state index < -0.39 is 0 Å². The summed E-state index contributed by atoms with van der Waals surface area (Å²) in [4.78, 5) is 15.9. The van der Waals surface area contributed by atoms with Crippen LogP contribution < -0.4 is 0 Å². The van der Waals surface area contributed by atoms with Crippen molar-refractivity contribution in [2.45, 2.75) is 72.1 Å². The maximum atomic E-state index is 13.5. The van der Waals surface area contributed by atoms with Crippen LogP contribution in [0.3, 0.4) is 0 Å². The van der Waals surface area contributed by atoms with Gasteiger partial charge in [0.25, 0.3) is 0 Å². The summed E-state index contributed by atoms with van der Waals surface area (Å²) in [6.07, 6.45) is 1.95. The lowest BCUT2D eigenvalue weighted by Gasteiger charge is -2.28. The molecule has 1 heterocycles. The number of Topliss-reactive ketones (excluding diaryl/α,β-unsaturated/α-hetero) is 1. The molecule has 1 aliphatic rings. The van der Waals surface area contributed by atoms with Crippen LogP contribution in [0.4, 0.5) is 0 Å². The monoisotopic (exact) mass is 412 g/mol. The first-order valence-corrected chi connectivity index (χ1v) is 10.6. The number of hydrogen-bond donors (Lipinski definition) is 1. The van der Waals surface area contributed by atoms with Gasteiger partial charge in [-0.1, -0.05) is 67.1 Å². The smallest absolute Gasteiger partial charge is 0.197 e. The molecule has 0 amide bonds. The SMILES string of the molecule is CCCCN1CC(=S)C(C(=O)c2cc(C(C)(C)C)c(O)c(C(C)(C)C)c2)=C1C#N. The first-order chi connectivity index (χ1) is 13.3. The first kappa shape index (κ1) is 23.1. The Morgan fingerprint density at radius 3 is 2.10 bits per heavy atom. The van der Waals surface area contributed by atoms with Crippen molar-refractivity contribution in [3.63, 3.8) is 0 Å². The van der Waals surface area contributed by atoms with Gasteiger partial charge in [0.2, 0.25) is 0 Å². The lowest BCUT2D eigenvalue weighted by atomic mass is 9.77. The Morgan fingerprint density at radius 2 is 1.69 bits per heavy atom. The van der Waals surface area contributed by atoms with Crippen LogP contribution in [0, 0.1) is 11.3 Å². The number of phenolic OH excluding ortho intramolecular Hbond substituents is 1. The molecule has 156 valence electrons. The molecule has 0 fully saturated rings. The number of nitrogens with zero attached hydrogens (tertiary/aromatic N) is 2. The van der Waals surface area contributed by atoms with E-state index in [1.54, 1.807) is 12.1 Å². The van der Waals surface area contributed by atoms with Crippen molar-refractivity contribution in [3.8, 4) is 11.8 Å².